The molecule has 1 heterocycles. The largest absolute Gasteiger partial charge is 0.300 e. The summed E-state index contributed by atoms with van der Waals surface area (Å²) < 4.78 is 1.78. The summed E-state index contributed by atoms with van der Waals surface area (Å²) in [7, 11) is 1.89. The first-order valence-electron chi connectivity index (χ1n) is 4.08. The molecule has 1 aromatic heterocycles. The fourth-order valence-corrected chi connectivity index (χ4v) is 1.20. The molecule has 3 heteroatoms. The van der Waals surface area contributed by atoms with Crippen LogP contribution in [0.5, 0.6) is 0 Å². The number of carbonyl (C=O) groups is 1. The van der Waals surface area contributed by atoms with Crippen molar-refractivity contribution in [1.82, 2.24) is 9.78 Å². The van der Waals surface area contributed by atoms with Crippen molar-refractivity contribution >= 4 is 5.78 Å². The molecule has 0 bridgehead atoms. The lowest BCUT2D eigenvalue weighted by Gasteiger charge is -1.93. The zero-order chi connectivity index (χ0) is 9.14. The maximum absolute atomic E-state index is 10.7. The molecule has 0 aromatic carbocycles. The van der Waals surface area contributed by atoms with Crippen LogP contribution in [0.1, 0.15) is 24.6 Å². The first kappa shape index (κ1) is 8.97. The van der Waals surface area contributed by atoms with E-state index in [1.807, 2.05) is 20.2 Å². The number of aromatic nitrogens is 2. The minimum absolute atomic E-state index is 0.234. The number of nitrogens with zero attached hydrogens (tertiary/aromatic N) is 2. The highest BCUT2D eigenvalue weighted by Crippen LogP contribution is 2.07. The van der Waals surface area contributed by atoms with Gasteiger partial charge in [0.05, 0.1) is 5.69 Å². The fourth-order valence-electron chi connectivity index (χ4n) is 1.20. The molecule has 0 amide bonds. The van der Waals surface area contributed by atoms with E-state index in [-0.39, 0.29) is 5.78 Å². The molecule has 1 aromatic rings. The minimum atomic E-state index is 0.234. The summed E-state index contributed by atoms with van der Waals surface area (Å²) in [6.45, 7) is 3.58. The summed E-state index contributed by atoms with van der Waals surface area (Å²) >= 11 is 0. The van der Waals surface area contributed by atoms with E-state index in [0.717, 1.165) is 12.1 Å². The standard InChI is InChI=1S/C9H14N2O/c1-7(12)4-5-9-6-11(3)10-8(9)2/h6H,4-5H2,1-3H3. The van der Waals surface area contributed by atoms with E-state index < -0.39 is 0 Å². The van der Waals surface area contributed by atoms with Gasteiger partial charge in [-0.15, -0.1) is 0 Å². The van der Waals surface area contributed by atoms with Crippen molar-refractivity contribution in [2.24, 2.45) is 7.05 Å². The van der Waals surface area contributed by atoms with Crippen LogP contribution < -0.4 is 0 Å². The van der Waals surface area contributed by atoms with Crippen molar-refractivity contribution in [2.75, 3.05) is 0 Å². The summed E-state index contributed by atoms with van der Waals surface area (Å²) in [5, 5.41) is 4.19. The van der Waals surface area contributed by atoms with Crippen LogP contribution in [0.15, 0.2) is 6.20 Å². The van der Waals surface area contributed by atoms with Gasteiger partial charge in [-0.3, -0.25) is 4.68 Å². The Bertz CT molecular complexity index is 289. The van der Waals surface area contributed by atoms with Crippen molar-refractivity contribution in [3.63, 3.8) is 0 Å². The second-order valence-electron chi connectivity index (χ2n) is 3.12. The molecule has 0 aliphatic rings. The molecule has 0 radical (unpaired) electrons. The monoisotopic (exact) mass is 166 g/mol. The van der Waals surface area contributed by atoms with Crippen molar-refractivity contribution in [1.29, 1.82) is 0 Å². The molecule has 1 rings (SSSR count). The second kappa shape index (κ2) is 3.52. The zero-order valence-corrected chi connectivity index (χ0v) is 7.79. The maximum atomic E-state index is 10.7. The molecule has 66 valence electrons. The molecule has 0 N–H and O–H groups in total. The third-order valence-corrected chi connectivity index (χ3v) is 1.86. The quantitative estimate of drug-likeness (QED) is 0.677. The average Bonchev–Trinajstić information content (AvgIpc) is 2.26. The number of hydrogen-bond acceptors (Lipinski definition) is 2. The van der Waals surface area contributed by atoms with Crippen LogP contribution >= 0.6 is 0 Å². The number of carbonyl (C=O) groups excluding carboxylic acids is 1. The van der Waals surface area contributed by atoms with Crippen molar-refractivity contribution < 1.29 is 4.79 Å². The van der Waals surface area contributed by atoms with E-state index in [1.165, 1.54) is 5.56 Å². The van der Waals surface area contributed by atoms with Crippen LogP contribution in [-0.4, -0.2) is 15.6 Å². The van der Waals surface area contributed by atoms with Gasteiger partial charge >= 0.3 is 0 Å². The third-order valence-electron chi connectivity index (χ3n) is 1.86. The van der Waals surface area contributed by atoms with Crippen LogP contribution in [-0.2, 0) is 18.3 Å². The summed E-state index contributed by atoms with van der Waals surface area (Å²) in [5.74, 6) is 0.234. The maximum Gasteiger partial charge on any atom is 0.130 e. The molecule has 0 unspecified atom stereocenters. The normalized spacial score (nSPS) is 10.2. The molecular formula is C9H14N2O. The van der Waals surface area contributed by atoms with Crippen LogP contribution in [0.4, 0.5) is 0 Å². The Morgan fingerprint density at radius 2 is 2.33 bits per heavy atom. The van der Waals surface area contributed by atoms with E-state index in [1.54, 1.807) is 11.6 Å². The topological polar surface area (TPSA) is 34.9 Å². The summed E-state index contributed by atoms with van der Waals surface area (Å²) in [6, 6.07) is 0. The fraction of sp³-hybridized carbons (Fsp3) is 0.556. The lowest BCUT2D eigenvalue weighted by atomic mass is 10.1. The molecule has 12 heavy (non-hydrogen) atoms. The first-order chi connectivity index (χ1) is 5.59. The third kappa shape index (κ3) is 2.19. The Morgan fingerprint density at radius 3 is 2.75 bits per heavy atom. The van der Waals surface area contributed by atoms with Gasteiger partial charge < -0.3 is 4.79 Å². The highest BCUT2D eigenvalue weighted by molar-refractivity contribution is 5.75. The average molecular weight is 166 g/mol. The predicted molar refractivity (Wildman–Crippen MR) is 46.9 cm³/mol. The van der Waals surface area contributed by atoms with E-state index >= 15 is 0 Å². The van der Waals surface area contributed by atoms with Gasteiger partial charge in [-0.25, -0.2) is 0 Å². The molecule has 0 aliphatic heterocycles. The highest BCUT2D eigenvalue weighted by atomic mass is 16.1. The number of rotatable bonds is 3. The smallest absolute Gasteiger partial charge is 0.130 e. The Balaban J connectivity index is 2.62. The molecule has 0 aliphatic carbocycles. The Labute approximate surface area is 72.4 Å². The van der Waals surface area contributed by atoms with Crippen molar-refractivity contribution in [2.45, 2.75) is 26.7 Å². The number of hydrogen-bond donors (Lipinski definition) is 0. The molecule has 0 atom stereocenters. The van der Waals surface area contributed by atoms with Crippen LogP contribution in [0.3, 0.4) is 0 Å². The van der Waals surface area contributed by atoms with Gasteiger partial charge in [0.2, 0.25) is 0 Å². The minimum Gasteiger partial charge on any atom is -0.300 e. The first-order valence-corrected chi connectivity index (χ1v) is 4.08. The van der Waals surface area contributed by atoms with Crippen LogP contribution in [0, 0.1) is 6.92 Å². The number of ketones is 1. The molecule has 0 saturated heterocycles. The molecule has 0 saturated carbocycles. The van der Waals surface area contributed by atoms with Gasteiger partial charge in [0.1, 0.15) is 5.78 Å². The van der Waals surface area contributed by atoms with E-state index in [0.29, 0.717) is 6.42 Å². The lowest BCUT2D eigenvalue weighted by molar-refractivity contribution is -0.116. The van der Waals surface area contributed by atoms with E-state index in [4.69, 9.17) is 0 Å². The van der Waals surface area contributed by atoms with Crippen molar-refractivity contribution in [3.8, 4) is 0 Å². The predicted octanol–water partition coefficient (Wildman–Crippen LogP) is 1.25. The molecule has 0 spiro atoms. The summed E-state index contributed by atoms with van der Waals surface area (Å²) in [6.07, 6.45) is 3.40. The molecular weight excluding hydrogens is 152 g/mol. The van der Waals surface area contributed by atoms with Gasteiger partial charge in [0.15, 0.2) is 0 Å². The van der Waals surface area contributed by atoms with Gasteiger partial charge in [0.25, 0.3) is 0 Å². The van der Waals surface area contributed by atoms with Gasteiger partial charge in [-0.2, -0.15) is 5.10 Å². The zero-order valence-electron chi connectivity index (χ0n) is 7.79. The number of Topliss-reactive ketones (excluding diaryl/α,β-unsaturated/α-hetero) is 1. The van der Waals surface area contributed by atoms with Gasteiger partial charge in [-0.1, -0.05) is 0 Å². The van der Waals surface area contributed by atoms with Gasteiger partial charge in [0, 0.05) is 19.7 Å². The summed E-state index contributed by atoms with van der Waals surface area (Å²) in [4.78, 5) is 10.7. The van der Waals surface area contributed by atoms with Gasteiger partial charge in [-0.05, 0) is 25.8 Å². The SMILES string of the molecule is CC(=O)CCc1cn(C)nc1C. The Morgan fingerprint density at radius 1 is 1.67 bits per heavy atom. The Kier molecular flexibility index (Phi) is 2.63. The van der Waals surface area contributed by atoms with E-state index in [2.05, 4.69) is 5.10 Å². The lowest BCUT2D eigenvalue weighted by Crippen LogP contribution is -1.94. The van der Waals surface area contributed by atoms with E-state index in [9.17, 15) is 4.79 Å². The van der Waals surface area contributed by atoms with Crippen LogP contribution in [0.25, 0.3) is 0 Å². The molecule has 0 fully saturated rings. The van der Waals surface area contributed by atoms with Crippen molar-refractivity contribution in [3.05, 3.63) is 17.5 Å². The number of aryl methyl sites for hydroxylation is 3. The summed E-state index contributed by atoms with van der Waals surface area (Å²) in [5.41, 5.74) is 2.20. The van der Waals surface area contributed by atoms with Crippen LogP contribution in [0.2, 0.25) is 0 Å². The molecule has 3 nitrogen and oxygen atoms in total. The highest BCUT2D eigenvalue weighted by Gasteiger charge is 2.03. The Hall–Kier alpha value is -1.12. The second-order valence-corrected chi connectivity index (χ2v) is 3.12.